The lowest BCUT2D eigenvalue weighted by atomic mass is 9.83. The Hall–Kier alpha value is -2.24. The molecule has 1 fully saturated rings. The number of hydrogen-bond acceptors (Lipinski definition) is 6. The average Bonchev–Trinajstić information content (AvgIpc) is 3.15. The van der Waals surface area contributed by atoms with Crippen LogP contribution in [0.5, 0.6) is 0 Å². The van der Waals surface area contributed by atoms with Gasteiger partial charge in [-0.15, -0.1) is 12.4 Å². The number of amides is 2. The molecule has 0 bridgehead atoms. The molecule has 3 rings (SSSR count). The van der Waals surface area contributed by atoms with Crippen molar-refractivity contribution in [1.82, 2.24) is 9.62 Å². The van der Waals surface area contributed by atoms with Gasteiger partial charge in [-0.05, 0) is 29.2 Å². The van der Waals surface area contributed by atoms with Crippen LogP contribution in [-0.4, -0.2) is 66.7 Å². The van der Waals surface area contributed by atoms with Gasteiger partial charge in [-0.2, -0.15) is 4.31 Å². The average molecular weight is 583 g/mol. The number of primary amides is 1. The quantitative estimate of drug-likeness (QED) is 0.282. The number of aliphatic hydroxyl groups excluding tert-OH is 1. The van der Waals surface area contributed by atoms with Crippen LogP contribution in [0, 0.1) is 5.92 Å². The van der Waals surface area contributed by atoms with Gasteiger partial charge in [0.2, 0.25) is 21.8 Å². The molecule has 1 aliphatic carbocycles. The van der Waals surface area contributed by atoms with Gasteiger partial charge in [-0.3, -0.25) is 9.59 Å². The summed E-state index contributed by atoms with van der Waals surface area (Å²) in [6.45, 7) is 1.53. The minimum atomic E-state index is -3.56. The van der Waals surface area contributed by atoms with Gasteiger partial charge in [-0.1, -0.05) is 75.1 Å². The maximum atomic E-state index is 13.5. The zero-order chi connectivity index (χ0) is 27.9. The number of benzene rings is 2. The van der Waals surface area contributed by atoms with E-state index >= 15 is 0 Å². The summed E-state index contributed by atoms with van der Waals surface area (Å²) in [5.41, 5.74) is 10.7. The fourth-order valence-corrected chi connectivity index (χ4v) is 6.66. The van der Waals surface area contributed by atoms with E-state index in [1.165, 1.54) is 10.6 Å². The maximum absolute atomic E-state index is 13.5. The minimum absolute atomic E-state index is 0. The molecule has 3 atom stereocenters. The van der Waals surface area contributed by atoms with Crippen molar-refractivity contribution in [2.24, 2.45) is 17.4 Å². The molecule has 0 aliphatic heterocycles. The second-order valence-electron chi connectivity index (χ2n) is 10.8. The van der Waals surface area contributed by atoms with Crippen LogP contribution in [0.1, 0.15) is 57.4 Å². The smallest absolute Gasteiger partial charge is 0.243 e. The monoisotopic (exact) mass is 582 g/mol. The molecule has 1 aliphatic rings. The topological polar surface area (TPSA) is 156 Å². The van der Waals surface area contributed by atoms with E-state index in [4.69, 9.17) is 11.5 Å². The number of aliphatic hydroxyl groups is 1. The molecule has 2 aromatic carbocycles. The van der Waals surface area contributed by atoms with Crippen LogP contribution in [0.3, 0.4) is 0 Å². The van der Waals surface area contributed by atoms with Gasteiger partial charge in [0.15, 0.2) is 0 Å². The van der Waals surface area contributed by atoms with Crippen molar-refractivity contribution in [3.8, 4) is 0 Å². The van der Waals surface area contributed by atoms with Crippen LogP contribution in [0.4, 0.5) is 0 Å². The number of halogens is 1. The van der Waals surface area contributed by atoms with Crippen molar-refractivity contribution in [1.29, 1.82) is 0 Å². The van der Waals surface area contributed by atoms with Gasteiger partial charge < -0.3 is 21.9 Å². The summed E-state index contributed by atoms with van der Waals surface area (Å²) in [4.78, 5) is 26.4. The zero-order valence-corrected chi connectivity index (χ0v) is 24.5. The second kappa shape index (κ2) is 14.4. The second-order valence-corrected chi connectivity index (χ2v) is 12.7. The van der Waals surface area contributed by atoms with Gasteiger partial charge in [0.05, 0.1) is 12.4 Å². The molecule has 11 heteroatoms. The third-order valence-electron chi connectivity index (χ3n) is 7.57. The number of nitrogens with zero attached hydrogens (tertiary/aromatic N) is 1. The number of hydrogen-bond donors (Lipinski definition) is 4. The third kappa shape index (κ3) is 8.88. The molecule has 2 amide bonds. The Morgan fingerprint density at radius 2 is 1.72 bits per heavy atom. The van der Waals surface area contributed by atoms with E-state index in [0.717, 1.165) is 54.9 Å². The molecule has 0 radical (unpaired) electrons. The number of sulfonamides is 1. The summed E-state index contributed by atoms with van der Waals surface area (Å²) >= 11 is 0. The molecule has 2 aromatic rings. The fourth-order valence-electron chi connectivity index (χ4n) is 5.41. The van der Waals surface area contributed by atoms with E-state index in [-0.39, 0.29) is 44.4 Å². The van der Waals surface area contributed by atoms with Gasteiger partial charge in [0.1, 0.15) is 5.54 Å². The standard InChI is InChI=1S/C28H42N4O5S.ClH/c1-20(19-32(38(2,36)37)24-11-5-3-4-6-12-24)26(34)31-28(27(30)35,17-25(33)18-29)16-21-13-14-22-9-7-8-10-23(22)15-21;/h7-10,13-15,20,24-25,33H,3-6,11-12,16-19,29H2,1-2H3,(H2,30,35)(H,31,34);1H/t20?,25?,28-;/m1./s1. The predicted octanol–water partition coefficient (Wildman–Crippen LogP) is 2.47. The lowest BCUT2D eigenvalue weighted by Crippen LogP contribution is -2.62. The number of fused-ring (bicyclic) bond motifs is 1. The number of nitrogens with one attached hydrogen (secondary N) is 1. The predicted molar refractivity (Wildman–Crippen MR) is 157 cm³/mol. The van der Waals surface area contributed by atoms with Crippen molar-refractivity contribution < 1.29 is 23.1 Å². The number of carbonyl (C=O) groups is 2. The van der Waals surface area contributed by atoms with Crippen LogP contribution in [0.25, 0.3) is 10.8 Å². The molecule has 39 heavy (non-hydrogen) atoms. The van der Waals surface area contributed by atoms with Crippen LogP contribution in [-0.2, 0) is 26.0 Å². The fraction of sp³-hybridized carbons (Fsp3) is 0.571. The van der Waals surface area contributed by atoms with Crippen molar-refractivity contribution in [2.75, 3.05) is 19.3 Å². The molecule has 9 nitrogen and oxygen atoms in total. The third-order valence-corrected chi connectivity index (χ3v) is 8.87. The molecule has 2 unspecified atom stereocenters. The largest absolute Gasteiger partial charge is 0.392 e. The van der Waals surface area contributed by atoms with Crippen LogP contribution < -0.4 is 16.8 Å². The first-order chi connectivity index (χ1) is 17.9. The van der Waals surface area contributed by atoms with E-state index in [2.05, 4.69) is 5.32 Å². The highest BCUT2D eigenvalue weighted by Crippen LogP contribution is 2.26. The molecular formula is C28H43ClN4O5S. The Morgan fingerprint density at radius 1 is 1.10 bits per heavy atom. The van der Waals surface area contributed by atoms with E-state index in [9.17, 15) is 23.1 Å². The number of rotatable bonds is 12. The Kier molecular flexibility index (Phi) is 12.2. The van der Waals surface area contributed by atoms with Crippen molar-refractivity contribution in [2.45, 2.75) is 76.0 Å². The van der Waals surface area contributed by atoms with Crippen molar-refractivity contribution >= 4 is 45.0 Å². The summed E-state index contributed by atoms with van der Waals surface area (Å²) in [5.74, 6) is -2.04. The summed E-state index contributed by atoms with van der Waals surface area (Å²) in [6, 6.07) is 13.3. The molecule has 0 heterocycles. The number of nitrogens with two attached hydrogens (primary N) is 2. The van der Waals surface area contributed by atoms with Crippen LogP contribution >= 0.6 is 12.4 Å². The van der Waals surface area contributed by atoms with Gasteiger partial charge in [0, 0.05) is 37.9 Å². The van der Waals surface area contributed by atoms with E-state index < -0.39 is 39.4 Å². The zero-order valence-electron chi connectivity index (χ0n) is 22.8. The highest BCUT2D eigenvalue weighted by molar-refractivity contribution is 7.88. The van der Waals surface area contributed by atoms with Crippen molar-refractivity contribution in [3.05, 3.63) is 48.0 Å². The van der Waals surface area contributed by atoms with Gasteiger partial charge >= 0.3 is 0 Å². The molecule has 0 aromatic heterocycles. The van der Waals surface area contributed by atoms with Crippen LogP contribution in [0.15, 0.2) is 42.5 Å². The molecule has 1 saturated carbocycles. The molecule has 0 spiro atoms. The lowest BCUT2D eigenvalue weighted by molar-refractivity contribution is -0.135. The lowest BCUT2D eigenvalue weighted by Gasteiger charge is -2.36. The normalized spacial score (nSPS) is 18.0. The molecular weight excluding hydrogens is 540 g/mol. The maximum Gasteiger partial charge on any atom is 0.243 e. The highest BCUT2D eigenvalue weighted by atomic mass is 35.5. The number of carbonyl (C=O) groups excluding carboxylic acids is 2. The van der Waals surface area contributed by atoms with E-state index in [1.54, 1.807) is 6.92 Å². The first kappa shape index (κ1) is 33.0. The molecule has 0 saturated heterocycles. The Morgan fingerprint density at radius 3 is 2.28 bits per heavy atom. The Bertz CT molecular complexity index is 1220. The first-order valence-electron chi connectivity index (χ1n) is 13.4. The van der Waals surface area contributed by atoms with Crippen molar-refractivity contribution in [3.63, 3.8) is 0 Å². The Balaban J connectivity index is 0.00000533. The van der Waals surface area contributed by atoms with E-state index in [1.807, 2.05) is 42.5 Å². The van der Waals surface area contributed by atoms with E-state index in [0.29, 0.717) is 0 Å². The first-order valence-corrected chi connectivity index (χ1v) is 15.2. The molecule has 6 N–H and O–H groups in total. The van der Waals surface area contributed by atoms with Gasteiger partial charge in [-0.25, -0.2) is 8.42 Å². The summed E-state index contributed by atoms with van der Waals surface area (Å²) in [6.07, 6.45) is 5.56. The minimum Gasteiger partial charge on any atom is -0.392 e. The van der Waals surface area contributed by atoms with Gasteiger partial charge in [0.25, 0.3) is 0 Å². The SMILES string of the molecule is CC(CN(C1CCCCCC1)S(C)(=O)=O)C(=O)N[C@](Cc1ccc2ccccc2c1)(CC(O)CN)C(N)=O.Cl. The summed E-state index contributed by atoms with van der Waals surface area (Å²) < 4.78 is 26.8. The van der Waals surface area contributed by atoms with Crippen LogP contribution in [0.2, 0.25) is 0 Å². The summed E-state index contributed by atoms with van der Waals surface area (Å²) in [5, 5.41) is 15.2. The highest BCUT2D eigenvalue weighted by Gasteiger charge is 2.41. The summed E-state index contributed by atoms with van der Waals surface area (Å²) in [7, 11) is -3.56. The molecule has 218 valence electrons. The Labute approximate surface area is 238 Å².